The van der Waals surface area contributed by atoms with Crippen molar-refractivity contribution in [2.24, 2.45) is 0 Å². The Morgan fingerprint density at radius 3 is 2.33 bits per heavy atom. The van der Waals surface area contributed by atoms with Crippen molar-refractivity contribution in [2.45, 2.75) is 19.1 Å². The highest BCUT2D eigenvalue weighted by Gasteiger charge is 2.23. The number of hydrogen-bond acceptors (Lipinski definition) is 7. The van der Waals surface area contributed by atoms with E-state index in [1.165, 1.54) is 24.3 Å². The number of nitrogens with zero attached hydrogens (tertiary/aromatic N) is 1. The van der Waals surface area contributed by atoms with E-state index >= 15 is 0 Å². The Labute approximate surface area is 151 Å². The molecular formula is C16H14N2O9. The number of carboxylic acid groups (broad SMARTS) is 2. The zero-order valence-electron chi connectivity index (χ0n) is 13.7. The molecule has 1 amide bonds. The Bertz CT molecular complexity index is 857. The molecule has 0 aliphatic rings. The van der Waals surface area contributed by atoms with Crippen molar-refractivity contribution in [1.29, 1.82) is 0 Å². The molecule has 1 aromatic heterocycles. The number of nitro groups is 1. The zero-order chi connectivity index (χ0) is 20.0. The molecule has 1 unspecified atom stereocenters. The minimum Gasteiger partial charge on any atom is -0.486 e. The lowest BCUT2D eigenvalue weighted by molar-refractivity contribution is -0.402. The fraction of sp³-hybridized carbons (Fsp3) is 0.188. The number of amides is 1. The minimum atomic E-state index is -1.77. The number of rotatable bonds is 8. The summed E-state index contributed by atoms with van der Waals surface area (Å²) >= 11 is 0. The number of benzene rings is 1. The second kappa shape index (κ2) is 8.47. The normalized spacial score (nSPS) is 11.4. The molecule has 1 atom stereocenters. The van der Waals surface area contributed by atoms with Crippen LogP contribution in [0.2, 0.25) is 0 Å². The van der Waals surface area contributed by atoms with Crippen LogP contribution in [-0.4, -0.2) is 39.0 Å². The van der Waals surface area contributed by atoms with E-state index in [-0.39, 0.29) is 18.8 Å². The summed E-state index contributed by atoms with van der Waals surface area (Å²) in [5.41, 5.74) is 0.522. The maximum atomic E-state index is 11.1. The molecule has 1 aromatic carbocycles. The number of ether oxygens (including phenoxy) is 1. The molecule has 1 heterocycles. The maximum Gasteiger partial charge on any atom is 0.433 e. The molecule has 11 nitrogen and oxygen atoms in total. The van der Waals surface area contributed by atoms with Crippen LogP contribution in [0.1, 0.15) is 11.3 Å². The van der Waals surface area contributed by atoms with Crippen LogP contribution in [0.25, 0.3) is 0 Å². The number of hydrogen-bond donors (Lipinski definition) is 3. The van der Waals surface area contributed by atoms with Gasteiger partial charge in [0.1, 0.15) is 29.1 Å². The average molecular weight is 378 g/mol. The Kier molecular flexibility index (Phi) is 6.10. The molecule has 0 spiro atoms. The van der Waals surface area contributed by atoms with Gasteiger partial charge in [0, 0.05) is 6.42 Å². The number of furan rings is 1. The van der Waals surface area contributed by atoms with Gasteiger partial charge in [-0.3, -0.25) is 14.9 Å². The highest BCUT2D eigenvalue weighted by Crippen LogP contribution is 2.19. The molecule has 0 bridgehead atoms. The van der Waals surface area contributed by atoms with Crippen molar-refractivity contribution in [1.82, 2.24) is 5.32 Å². The maximum absolute atomic E-state index is 11.1. The fourth-order valence-electron chi connectivity index (χ4n) is 2.07. The highest BCUT2D eigenvalue weighted by molar-refractivity contribution is 6.31. The molecule has 0 radical (unpaired) electrons. The van der Waals surface area contributed by atoms with Crippen LogP contribution in [0, 0.1) is 10.1 Å². The monoisotopic (exact) mass is 378 g/mol. The summed E-state index contributed by atoms with van der Waals surface area (Å²) in [6, 6.07) is 7.37. The first-order chi connectivity index (χ1) is 12.8. The van der Waals surface area contributed by atoms with E-state index in [1.807, 2.05) is 5.32 Å². The van der Waals surface area contributed by atoms with Gasteiger partial charge in [-0.2, -0.15) is 0 Å². The van der Waals surface area contributed by atoms with Gasteiger partial charge in [0.25, 0.3) is 0 Å². The molecule has 0 aliphatic heterocycles. The molecule has 0 aliphatic carbocycles. The van der Waals surface area contributed by atoms with Gasteiger partial charge in [-0.1, -0.05) is 12.1 Å². The van der Waals surface area contributed by atoms with Gasteiger partial charge >= 0.3 is 23.7 Å². The first-order valence-corrected chi connectivity index (χ1v) is 7.47. The summed E-state index contributed by atoms with van der Waals surface area (Å²) in [6.07, 6.45) is -0.126. The van der Waals surface area contributed by atoms with Crippen LogP contribution >= 0.6 is 0 Å². The van der Waals surface area contributed by atoms with Crippen molar-refractivity contribution < 1.29 is 38.7 Å². The Balaban J connectivity index is 1.94. The molecule has 2 rings (SSSR count). The predicted octanol–water partition coefficient (Wildman–Crippen LogP) is 0.963. The summed E-state index contributed by atoms with van der Waals surface area (Å²) in [5, 5.41) is 30.1. The van der Waals surface area contributed by atoms with Crippen molar-refractivity contribution in [2.75, 3.05) is 0 Å². The Morgan fingerprint density at radius 2 is 1.81 bits per heavy atom. The van der Waals surface area contributed by atoms with E-state index in [9.17, 15) is 24.5 Å². The first kappa shape index (κ1) is 19.4. The van der Waals surface area contributed by atoms with Gasteiger partial charge < -0.3 is 24.7 Å². The Hall–Kier alpha value is -3.89. The van der Waals surface area contributed by atoms with Crippen LogP contribution in [0.4, 0.5) is 5.88 Å². The van der Waals surface area contributed by atoms with Crippen molar-refractivity contribution in [3.8, 4) is 5.75 Å². The summed E-state index contributed by atoms with van der Waals surface area (Å²) in [4.78, 5) is 42.7. The topological polar surface area (TPSA) is 169 Å². The molecule has 0 fully saturated rings. The van der Waals surface area contributed by atoms with Gasteiger partial charge in [-0.05, 0) is 23.8 Å². The molecule has 27 heavy (non-hydrogen) atoms. The lowest BCUT2D eigenvalue weighted by Gasteiger charge is -2.13. The number of carboxylic acids is 2. The van der Waals surface area contributed by atoms with Crippen LogP contribution in [-0.2, 0) is 27.4 Å². The van der Waals surface area contributed by atoms with E-state index in [4.69, 9.17) is 19.4 Å². The smallest absolute Gasteiger partial charge is 0.433 e. The lowest BCUT2D eigenvalue weighted by Crippen LogP contribution is -2.45. The minimum absolute atomic E-state index is 0.0421. The van der Waals surface area contributed by atoms with Crippen LogP contribution in [0.15, 0.2) is 40.8 Å². The highest BCUT2D eigenvalue weighted by atomic mass is 16.6. The molecule has 11 heteroatoms. The van der Waals surface area contributed by atoms with E-state index < -0.39 is 34.7 Å². The predicted molar refractivity (Wildman–Crippen MR) is 87.0 cm³/mol. The SMILES string of the molecule is O=C(O)C(=O)NC(Cc1ccc(OCc2ccc([N+](=O)[O-])o2)cc1)C(=O)O. The van der Waals surface area contributed by atoms with Crippen LogP contribution in [0.3, 0.4) is 0 Å². The van der Waals surface area contributed by atoms with Gasteiger partial charge in [-0.25, -0.2) is 9.59 Å². The van der Waals surface area contributed by atoms with E-state index in [2.05, 4.69) is 0 Å². The summed E-state index contributed by atoms with van der Waals surface area (Å²) < 4.78 is 10.4. The van der Waals surface area contributed by atoms with Gasteiger partial charge in [0.2, 0.25) is 0 Å². The molecule has 0 saturated heterocycles. The van der Waals surface area contributed by atoms with E-state index in [0.29, 0.717) is 11.3 Å². The van der Waals surface area contributed by atoms with Crippen LogP contribution in [0.5, 0.6) is 5.75 Å². The van der Waals surface area contributed by atoms with Crippen molar-refractivity contribution >= 4 is 23.7 Å². The molecule has 142 valence electrons. The van der Waals surface area contributed by atoms with Gasteiger partial charge in [0.05, 0.1) is 6.07 Å². The molecule has 3 N–H and O–H groups in total. The standard InChI is InChI=1S/C16H14N2O9/c19-14(16(22)23)17-12(15(20)21)7-9-1-3-10(4-2-9)26-8-11-5-6-13(27-11)18(24)25/h1-6,12H,7-8H2,(H,17,19)(H,20,21)(H,22,23). The van der Waals surface area contributed by atoms with Crippen molar-refractivity contribution in [3.05, 3.63) is 57.8 Å². The molecular weight excluding hydrogens is 364 g/mol. The zero-order valence-corrected chi connectivity index (χ0v) is 13.7. The van der Waals surface area contributed by atoms with E-state index in [1.54, 1.807) is 12.1 Å². The number of carbonyl (C=O) groups is 3. The summed E-state index contributed by atoms with van der Waals surface area (Å²) in [6.45, 7) is -0.0421. The first-order valence-electron chi connectivity index (χ1n) is 7.47. The summed E-state index contributed by atoms with van der Waals surface area (Å²) in [5.74, 6) is -4.29. The Morgan fingerprint density at radius 1 is 1.15 bits per heavy atom. The third kappa shape index (κ3) is 5.56. The second-order valence-corrected chi connectivity index (χ2v) is 5.30. The van der Waals surface area contributed by atoms with Gasteiger partial charge in [0.15, 0.2) is 0 Å². The largest absolute Gasteiger partial charge is 0.486 e. The third-order valence-electron chi connectivity index (χ3n) is 3.37. The number of nitrogens with one attached hydrogen (secondary N) is 1. The summed E-state index contributed by atoms with van der Waals surface area (Å²) in [7, 11) is 0. The lowest BCUT2D eigenvalue weighted by atomic mass is 10.1. The quantitative estimate of drug-likeness (QED) is 0.344. The second-order valence-electron chi connectivity index (χ2n) is 5.30. The average Bonchev–Trinajstić information content (AvgIpc) is 3.09. The number of aliphatic carboxylic acids is 2. The van der Waals surface area contributed by atoms with E-state index in [0.717, 1.165) is 0 Å². The van der Waals surface area contributed by atoms with Crippen molar-refractivity contribution in [3.63, 3.8) is 0 Å². The number of carbonyl (C=O) groups excluding carboxylic acids is 1. The van der Waals surface area contributed by atoms with Gasteiger partial charge in [-0.15, -0.1) is 0 Å². The van der Waals surface area contributed by atoms with Crippen LogP contribution < -0.4 is 10.1 Å². The molecule has 2 aromatic rings. The third-order valence-corrected chi connectivity index (χ3v) is 3.37. The molecule has 0 saturated carbocycles. The fourth-order valence-corrected chi connectivity index (χ4v) is 2.07.